The Labute approximate surface area is 189 Å². The molecule has 4 nitrogen and oxygen atoms in total. The van der Waals surface area contributed by atoms with Gasteiger partial charge in [0.2, 0.25) is 0 Å². The van der Waals surface area contributed by atoms with Gasteiger partial charge in [0, 0.05) is 19.8 Å². The van der Waals surface area contributed by atoms with Crippen molar-refractivity contribution in [2.45, 2.75) is 103 Å². The van der Waals surface area contributed by atoms with Crippen molar-refractivity contribution in [3.05, 3.63) is 35.4 Å². The zero-order valence-electron chi connectivity index (χ0n) is 19.7. The first-order valence-electron chi connectivity index (χ1n) is 12.8. The molecule has 4 heteroatoms. The lowest BCUT2D eigenvalue weighted by atomic mass is 10.0. The lowest BCUT2D eigenvalue weighted by molar-refractivity contribution is 0.0625. The van der Waals surface area contributed by atoms with E-state index in [0.29, 0.717) is 30.7 Å². The van der Waals surface area contributed by atoms with Crippen molar-refractivity contribution in [1.82, 2.24) is 4.90 Å². The molecule has 31 heavy (non-hydrogen) atoms. The predicted molar refractivity (Wildman–Crippen MR) is 128 cm³/mol. The molecule has 0 fully saturated rings. The number of carbonyl (C=O) groups is 2. The monoisotopic (exact) mass is 429 g/mol. The third-order valence-electron chi connectivity index (χ3n) is 6.19. The fourth-order valence-corrected chi connectivity index (χ4v) is 4.27. The Morgan fingerprint density at radius 3 is 1.52 bits per heavy atom. The largest absolute Gasteiger partial charge is 0.381 e. The molecule has 1 aromatic rings. The zero-order valence-corrected chi connectivity index (χ0v) is 19.7. The van der Waals surface area contributed by atoms with E-state index in [2.05, 4.69) is 6.92 Å². The van der Waals surface area contributed by atoms with E-state index >= 15 is 0 Å². The van der Waals surface area contributed by atoms with E-state index in [1.54, 1.807) is 24.3 Å². The molecular weight excluding hydrogens is 386 g/mol. The summed E-state index contributed by atoms with van der Waals surface area (Å²) in [5.74, 6) is -0.347. The Morgan fingerprint density at radius 2 is 1.03 bits per heavy atom. The van der Waals surface area contributed by atoms with E-state index in [-0.39, 0.29) is 11.8 Å². The number of rotatable bonds is 19. The maximum Gasteiger partial charge on any atom is 0.261 e. The standard InChI is InChI=1S/C27H43NO3/c1-2-3-4-5-6-7-8-9-10-11-12-13-14-17-22-31-23-18-21-28-26(29)24-19-15-16-20-25(24)27(28)30/h15-16,19-20H,2-14,17-18,21-23H2,1H3. The fourth-order valence-electron chi connectivity index (χ4n) is 4.27. The van der Waals surface area contributed by atoms with E-state index in [4.69, 9.17) is 4.74 Å². The summed E-state index contributed by atoms with van der Waals surface area (Å²) >= 11 is 0. The van der Waals surface area contributed by atoms with Gasteiger partial charge >= 0.3 is 0 Å². The molecule has 2 amide bonds. The summed E-state index contributed by atoms with van der Waals surface area (Å²) in [5.41, 5.74) is 1.05. The van der Waals surface area contributed by atoms with Crippen molar-refractivity contribution in [3.63, 3.8) is 0 Å². The van der Waals surface area contributed by atoms with Crippen molar-refractivity contribution in [2.75, 3.05) is 19.8 Å². The first kappa shape index (κ1) is 25.6. The third kappa shape index (κ3) is 9.55. The van der Waals surface area contributed by atoms with Crippen LogP contribution in [0.3, 0.4) is 0 Å². The number of amides is 2. The SMILES string of the molecule is CCCCCCCCCCCCCCCCOCCCN1C(=O)c2ccccc2C1=O. The van der Waals surface area contributed by atoms with Crippen LogP contribution in [-0.4, -0.2) is 36.5 Å². The van der Waals surface area contributed by atoms with Gasteiger partial charge in [-0.15, -0.1) is 0 Å². The molecule has 1 heterocycles. The maximum absolute atomic E-state index is 12.3. The molecule has 0 saturated heterocycles. The van der Waals surface area contributed by atoms with Crippen LogP contribution in [0, 0.1) is 0 Å². The molecule has 0 spiro atoms. The number of ether oxygens (including phenoxy) is 1. The summed E-state index contributed by atoms with van der Waals surface area (Å²) in [6.45, 7) is 4.09. The normalized spacial score (nSPS) is 13.3. The van der Waals surface area contributed by atoms with Crippen molar-refractivity contribution in [3.8, 4) is 0 Å². The summed E-state index contributed by atoms with van der Waals surface area (Å²) in [6.07, 6.45) is 19.7. The maximum atomic E-state index is 12.3. The van der Waals surface area contributed by atoms with Crippen LogP contribution in [0.15, 0.2) is 24.3 Å². The van der Waals surface area contributed by atoms with Crippen molar-refractivity contribution >= 4 is 11.8 Å². The second-order valence-electron chi connectivity index (χ2n) is 8.87. The number of carbonyl (C=O) groups excluding carboxylic acids is 2. The van der Waals surface area contributed by atoms with Gasteiger partial charge in [0.1, 0.15) is 0 Å². The Hall–Kier alpha value is -1.68. The van der Waals surface area contributed by atoms with Crippen LogP contribution in [0.4, 0.5) is 0 Å². The topological polar surface area (TPSA) is 46.6 Å². The average molecular weight is 430 g/mol. The minimum Gasteiger partial charge on any atom is -0.381 e. The molecule has 0 aromatic heterocycles. The molecule has 0 bridgehead atoms. The quantitative estimate of drug-likeness (QED) is 0.173. The second-order valence-corrected chi connectivity index (χ2v) is 8.87. The Balaban J connectivity index is 1.33. The van der Waals surface area contributed by atoms with Crippen molar-refractivity contribution in [1.29, 1.82) is 0 Å². The van der Waals surface area contributed by atoms with Gasteiger partial charge in [-0.3, -0.25) is 14.5 Å². The molecule has 0 saturated carbocycles. The van der Waals surface area contributed by atoms with Crippen LogP contribution in [0.2, 0.25) is 0 Å². The molecular formula is C27H43NO3. The van der Waals surface area contributed by atoms with E-state index in [1.807, 2.05) is 0 Å². The number of imide groups is 1. The Bertz CT molecular complexity index is 608. The van der Waals surface area contributed by atoms with Crippen LogP contribution in [0.1, 0.15) is 124 Å². The molecule has 1 aromatic carbocycles. The third-order valence-corrected chi connectivity index (χ3v) is 6.19. The smallest absolute Gasteiger partial charge is 0.261 e. The molecule has 1 aliphatic heterocycles. The van der Waals surface area contributed by atoms with Gasteiger partial charge in [-0.25, -0.2) is 0 Å². The van der Waals surface area contributed by atoms with Crippen LogP contribution in [0.25, 0.3) is 0 Å². The van der Waals surface area contributed by atoms with Crippen LogP contribution < -0.4 is 0 Å². The van der Waals surface area contributed by atoms with Gasteiger partial charge in [0.05, 0.1) is 11.1 Å². The van der Waals surface area contributed by atoms with Gasteiger partial charge in [-0.1, -0.05) is 103 Å². The summed E-state index contributed by atoms with van der Waals surface area (Å²) < 4.78 is 5.70. The number of fused-ring (bicyclic) bond motifs is 1. The highest BCUT2D eigenvalue weighted by atomic mass is 16.5. The first-order chi connectivity index (χ1) is 15.3. The number of hydrogen-bond acceptors (Lipinski definition) is 3. The van der Waals surface area contributed by atoms with Crippen molar-refractivity contribution < 1.29 is 14.3 Å². The first-order valence-corrected chi connectivity index (χ1v) is 12.8. The summed E-state index contributed by atoms with van der Waals surface area (Å²) in [6, 6.07) is 7.05. The van der Waals surface area contributed by atoms with Gasteiger partial charge in [0.15, 0.2) is 0 Å². The van der Waals surface area contributed by atoms with Gasteiger partial charge in [-0.05, 0) is 25.0 Å². The summed E-state index contributed by atoms with van der Waals surface area (Å²) in [5, 5.41) is 0. The highest BCUT2D eigenvalue weighted by molar-refractivity contribution is 6.21. The number of nitrogens with zero attached hydrogens (tertiary/aromatic N) is 1. The molecule has 0 atom stereocenters. The summed E-state index contributed by atoms with van der Waals surface area (Å²) in [7, 11) is 0. The average Bonchev–Trinajstić information content (AvgIpc) is 3.03. The highest BCUT2D eigenvalue weighted by Gasteiger charge is 2.34. The summed E-state index contributed by atoms with van der Waals surface area (Å²) in [4.78, 5) is 25.9. The number of benzene rings is 1. The van der Waals surface area contributed by atoms with E-state index in [1.165, 1.54) is 88.4 Å². The highest BCUT2D eigenvalue weighted by Crippen LogP contribution is 2.22. The van der Waals surface area contributed by atoms with E-state index in [0.717, 1.165) is 13.0 Å². The molecule has 0 radical (unpaired) electrons. The van der Waals surface area contributed by atoms with Gasteiger partial charge < -0.3 is 4.74 Å². The molecule has 0 N–H and O–H groups in total. The number of hydrogen-bond donors (Lipinski definition) is 0. The Kier molecular flexibility index (Phi) is 13.2. The van der Waals surface area contributed by atoms with E-state index < -0.39 is 0 Å². The van der Waals surface area contributed by atoms with Gasteiger partial charge in [0.25, 0.3) is 11.8 Å². The Morgan fingerprint density at radius 1 is 0.613 bits per heavy atom. The number of unbranched alkanes of at least 4 members (excludes halogenated alkanes) is 13. The lowest BCUT2D eigenvalue weighted by Gasteiger charge is -2.13. The van der Waals surface area contributed by atoms with Crippen LogP contribution in [-0.2, 0) is 4.74 Å². The molecule has 0 aliphatic carbocycles. The minimum absolute atomic E-state index is 0.174. The second kappa shape index (κ2) is 16.0. The zero-order chi connectivity index (χ0) is 22.2. The van der Waals surface area contributed by atoms with Crippen LogP contribution in [0.5, 0.6) is 0 Å². The lowest BCUT2D eigenvalue weighted by Crippen LogP contribution is -2.31. The molecule has 1 aliphatic rings. The fraction of sp³-hybridized carbons (Fsp3) is 0.704. The van der Waals surface area contributed by atoms with Crippen LogP contribution >= 0.6 is 0 Å². The van der Waals surface area contributed by atoms with Crippen molar-refractivity contribution in [2.24, 2.45) is 0 Å². The minimum atomic E-state index is -0.174. The predicted octanol–water partition coefficient (Wildman–Crippen LogP) is 7.17. The van der Waals surface area contributed by atoms with Gasteiger partial charge in [-0.2, -0.15) is 0 Å². The molecule has 0 unspecified atom stereocenters. The van der Waals surface area contributed by atoms with E-state index in [9.17, 15) is 9.59 Å². The molecule has 2 rings (SSSR count). The molecule has 174 valence electrons.